The molecule has 1 fully saturated rings. The Labute approximate surface area is 95.4 Å². The van der Waals surface area contributed by atoms with Crippen LogP contribution in [0.3, 0.4) is 0 Å². The molecule has 5 N–H and O–H groups in total. The Balaban J connectivity index is 2.19. The summed E-state index contributed by atoms with van der Waals surface area (Å²) in [4.78, 5) is 14.4. The van der Waals surface area contributed by atoms with Crippen LogP contribution in [0.2, 0.25) is 0 Å². The minimum absolute atomic E-state index is 0.220. The number of nitrogens with two attached hydrogens (primary N) is 1. The van der Waals surface area contributed by atoms with Crippen molar-refractivity contribution in [1.82, 2.24) is 14.8 Å². The molecule has 1 saturated heterocycles. The number of hydrogen-bond donors (Lipinski definition) is 4. The second kappa shape index (κ2) is 4.37. The first-order chi connectivity index (χ1) is 8.04. The molecule has 0 bridgehead atoms. The lowest BCUT2D eigenvalue weighted by Gasteiger charge is -2.13. The van der Waals surface area contributed by atoms with Crippen LogP contribution in [0.1, 0.15) is 16.8 Å². The fourth-order valence-electron chi connectivity index (χ4n) is 1.61. The quantitative estimate of drug-likeness (QED) is 0.443. The van der Waals surface area contributed by atoms with E-state index < -0.39 is 37.1 Å². The van der Waals surface area contributed by atoms with Gasteiger partial charge in [-0.2, -0.15) is 0 Å². The fourth-order valence-corrected chi connectivity index (χ4v) is 1.61. The lowest BCUT2D eigenvalue weighted by molar-refractivity contribution is -0.0588. The second-order valence-electron chi connectivity index (χ2n) is 3.64. The topological polar surface area (TPSA) is 144 Å². The third-order valence-electron chi connectivity index (χ3n) is 2.51. The molecule has 1 aromatic heterocycles. The first kappa shape index (κ1) is 11.9. The summed E-state index contributed by atoms with van der Waals surface area (Å²) in [5, 5.41) is 31.8. The number of aromatic nitrogens is 3. The summed E-state index contributed by atoms with van der Waals surface area (Å²) in [7, 11) is 0. The predicted molar refractivity (Wildman–Crippen MR) is 51.5 cm³/mol. The van der Waals surface area contributed by atoms with E-state index in [0.29, 0.717) is 0 Å². The first-order valence-electron chi connectivity index (χ1n) is 4.88. The second-order valence-corrected chi connectivity index (χ2v) is 3.64. The molecule has 0 spiro atoms. The SMILES string of the molecule is NC(=O)c1ncn(C2O[C@H](CO)[C@H](O)C2O)n1. The standard InChI is InChI=1S/C8H12N4O5/c9-6(16)7-10-2-12(11-7)8-5(15)4(14)3(1-13)17-8/h2-5,8,13-15H,1H2,(H2,9,16)/t3-,4+,5?,8?/m1/s1. The van der Waals surface area contributed by atoms with Crippen molar-refractivity contribution in [2.75, 3.05) is 6.61 Å². The van der Waals surface area contributed by atoms with E-state index >= 15 is 0 Å². The number of aliphatic hydroxyl groups excluding tert-OH is 3. The zero-order valence-electron chi connectivity index (χ0n) is 8.67. The van der Waals surface area contributed by atoms with Crippen LogP contribution >= 0.6 is 0 Å². The highest BCUT2D eigenvalue weighted by Crippen LogP contribution is 2.28. The zero-order valence-corrected chi connectivity index (χ0v) is 8.67. The van der Waals surface area contributed by atoms with E-state index in [-0.39, 0.29) is 5.82 Å². The van der Waals surface area contributed by atoms with Crippen molar-refractivity contribution in [3.63, 3.8) is 0 Å². The van der Waals surface area contributed by atoms with Gasteiger partial charge < -0.3 is 25.8 Å². The van der Waals surface area contributed by atoms with Crippen LogP contribution in [0, 0.1) is 0 Å². The molecule has 2 rings (SSSR count). The van der Waals surface area contributed by atoms with Crippen molar-refractivity contribution in [2.45, 2.75) is 24.5 Å². The van der Waals surface area contributed by atoms with Gasteiger partial charge in [0.15, 0.2) is 6.23 Å². The number of rotatable bonds is 3. The Morgan fingerprint density at radius 1 is 1.53 bits per heavy atom. The third kappa shape index (κ3) is 2.00. The summed E-state index contributed by atoms with van der Waals surface area (Å²) < 4.78 is 6.25. The van der Waals surface area contributed by atoms with Gasteiger partial charge in [0.1, 0.15) is 24.6 Å². The van der Waals surface area contributed by atoms with Crippen molar-refractivity contribution in [3.05, 3.63) is 12.2 Å². The molecular formula is C8H12N4O5. The third-order valence-corrected chi connectivity index (χ3v) is 2.51. The molecular weight excluding hydrogens is 232 g/mol. The van der Waals surface area contributed by atoms with E-state index in [1.165, 1.54) is 0 Å². The van der Waals surface area contributed by atoms with E-state index in [0.717, 1.165) is 11.0 Å². The maximum Gasteiger partial charge on any atom is 0.288 e. The van der Waals surface area contributed by atoms with Crippen molar-refractivity contribution in [2.24, 2.45) is 5.73 Å². The molecule has 1 amide bonds. The molecule has 0 aromatic carbocycles. The predicted octanol–water partition coefficient (Wildman–Crippen LogP) is -3.01. The van der Waals surface area contributed by atoms with Gasteiger partial charge in [0, 0.05) is 0 Å². The van der Waals surface area contributed by atoms with Crippen molar-refractivity contribution >= 4 is 5.91 Å². The number of hydrogen-bond acceptors (Lipinski definition) is 7. The van der Waals surface area contributed by atoms with Crippen LogP contribution in [0.4, 0.5) is 0 Å². The van der Waals surface area contributed by atoms with E-state index in [2.05, 4.69) is 10.1 Å². The molecule has 1 aliphatic rings. The Hall–Kier alpha value is -1.55. The molecule has 0 radical (unpaired) electrons. The molecule has 1 aliphatic heterocycles. The smallest absolute Gasteiger partial charge is 0.288 e. The molecule has 17 heavy (non-hydrogen) atoms. The van der Waals surface area contributed by atoms with Crippen molar-refractivity contribution < 1.29 is 24.9 Å². The summed E-state index contributed by atoms with van der Waals surface area (Å²) in [5.74, 6) is -1.03. The number of nitrogens with zero attached hydrogens (tertiary/aromatic N) is 3. The molecule has 94 valence electrons. The summed E-state index contributed by atoms with van der Waals surface area (Å²) >= 11 is 0. The van der Waals surface area contributed by atoms with Gasteiger partial charge in [-0.3, -0.25) is 4.79 Å². The van der Waals surface area contributed by atoms with Gasteiger partial charge in [0.05, 0.1) is 6.61 Å². The van der Waals surface area contributed by atoms with Gasteiger partial charge in [-0.05, 0) is 0 Å². The Morgan fingerprint density at radius 3 is 2.71 bits per heavy atom. The number of aliphatic hydroxyl groups is 3. The summed E-state index contributed by atoms with van der Waals surface area (Å²) in [6.07, 6.45) is -3.26. The van der Waals surface area contributed by atoms with Gasteiger partial charge in [-0.15, -0.1) is 5.10 Å². The minimum Gasteiger partial charge on any atom is -0.394 e. The van der Waals surface area contributed by atoms with Gasteiger partial charge in [-0.1, -0.05) is 0 Å². The van der Waals surface area contributed by atoms with Gasteiger partial charge >= 0.3 is 0 Å². The maximum absolute atomic E-state index is 10.8. The Bertz CT molecular complexity index is 422. The van der Waals surface area contributed by atoms with Crippen LogP contribution in [0.5, 0.6) is 0 Å². The number of primary amides is 1. The van der Waals surface area contributed by atoms with E-state index in [4.69, 9.17) is 15.6 Å². The van der Waals surface area contributed by atoms with Crippen LogP contribution in [0.25, 0.3) is 0 Å². The maximum atomic E-state index is 10.8. The van der Waals surface area contributed by atoms with E-state index in [1.807, 2.05) is 0 Å². The summed E-state index contributed by atoms with van der Waals surface area (Å²) in [6.45, 7) is -0.438. The van der Waals surface area contributed by atoms with Crippen LogP contribution in [0.15, 0.2) is 6.33 Å². The molecule has 2 heterocycles. The largest absolute Gasteiger partial charge is 0.394 e. The number of carbonyl (C=O) groups excluding carboxylic acids is 1. The highest BCUT2D eigenvalue weighted by atomic mass is 16.6. The molecule has 9 nitrogen and oxygen atoms in total. The normalized spacial score (nSPS) is 32.9. The highest BCUT2D eigenvalue weighted by molar-refractivity contribution is 5.88. The Kier molecular flexibility index (Phi) is 3.07. The van der Waals surface area contributed by atoms with Crippen LogP contribution in [-0.4, -0.2) is 60.9 Å². The molecule has 1 aromatic rings. The van der Waals surface area contributed by atoms with Crippen molar-refractivity contribution in [1.29, 1.82) is 0 Å². The fraction of sp³-hybridized carbons (Fsp3) is 0.625. The first-order valence-corrected chi connectivity index (χ1v) is 4.88. The lowest BCUT2D eigenvalue weighted by atomic mass is 10.1. The van der Waals surface area contributed by atoms with Crippen LogP contribution < -0.4 is 5.73 Å². The molecule has 9 heteroatoms. The van der Waals surface area contributed by atoms with Gasteiger partial charge in [0.2, 0.25) is 5.82 Å². The average molecular weight is 244 g/mol. The van der Waals surface area contributed by atoms with E-state index in [1.54, 1.807) is 0 Å². The average Bonchev–Trinajstić information content (AvgIpc) is 2.87. The molecule has 4 atom stereocenters. The Morgan fingerprint density at radius 2 is 2.24 bits per heavy atom. The zero-order chi connectivity index (χ0) is 12.6. The van der Waals surface area contributed by atoms with Gasteiger partial charge in [0.25, 0.3) is 5.91 Å². The number of ether oxygens (including phenoxy) is 1. The monoisotopic (exact) mass is 244 g/mol. The number of amides is 1. The van der Waals surface area contributed by atoms with Crippen LogP contribution in [-0.2, 0) is 4.74 Å². The summed E-state index contributed by atoms with van der Waals surface area (Å²) in [5.41, 5.74) is 4.97. The molecule has 2 unspecified atom stereocenters. The number of carbonyl (C=O) groups is 1. The van der Waals surface area contributed by atoms with Gasteiger partial charge in [-0.25, -0.2) is 9.67 Å². The molecule has 0 aliphatic carbocycles. The lowest BCUT2D eigenvalue weighted by Crippen LogP contribution is -2.33. The molecule has 0 saturated carbocycles. The highest BCUT2D eigenvalue weighted by Gasteiger charge is 2.43. The minimum atomic E-state index is -1.27. The van der Waals surface area contributed by atoms with E-state index in [9.17, 15) is 15.0 Å². The van der Waals surface area contributed by atoms with Crippen molar-refractivity contribution in [3.8, 4) is 0 Å². The summed E-state index contributed by atoms with van der Waals surface area (Å²) in [6, 6.07) is 0.